The average Bonchev–Trinajstić information content (AvgIpc) is 2.11. The van der Waals surface area contributed by atoms with E-state index in [4.69, 9.17) is 22.4 Å². The highest BCUT2D eigenvalue weighted by atomic mass is 35.5. The van der Waals surface area contributed by atoms with Crippen LogP contribution >= 0.6 is 11.6 Å². The van der Waals surface area contributed by atoms with Crippen LogP contribution in [-0.2, 0) is 0 Å². The predicted octanol–water partition coefficient (Wildman–Crippen LogP) is 1.68. The van der Waals surface area contributed by atoms with Gasteiger partial charge in [-0.3, -0.25) is 0 Å². The molecule has 0 bridgehead atoms. The van der Waals surface area contributed by atoms with Crippen LogP contribution in [0.2, 0.25) is 5.02 Å². The quantitative estimate of drug-likeness (QED) is 0.778. The topological polar surface area (TPSA) is 46.2 Å². The maximum Gasteiger partial charge on any atom is 0.0512 e. The Morgan fingerprint density at radius 1 is 1.54 bits per heavy atom. The number of aliphatic hydroxyl groups excluding tert-OH is 1. The number of rotatable bonds is 3. The minimum absolute atomic E-state index is 0.0427. The highest BCUT2D eigenvalue weighted by Gasteiger charge is 2.13. The summed E-state index contributed by atoms with van der Waals surface area (Å²) >= 11 is 6.02. The second-order valence-electron chi connectivity index (χ2n) is 3.09. The van der Waals surface area contributed by atoms with Crippen molar-refractivity contribution in [2.75, 3.05) is 13.2 Å². The Labute approximate surface area is 83.3 Å². The van der Waals surface area contributed by atoms with Crippen molar-refractivity contribution >= 4 is 11.6 Å². The van der Waals surface area contributed by atoms with E-state index in [1.165, 1.54) is 0 Å². The third-order valence-corrected chi connectivity index (χ3v) is 2.51. The van der Waals surface area contributed by atoms with E-state index in [2.05, 4.69) is 0 Å². The fraction of sp³-hybridized carbons (Fsp3) is 0.400. The van der Waals surface area contributed by atoms with E-state index >= 15 is 0 Å². The molecule has 0 fully saturated rings. The van der Waals surface area contributed by atoms with Gasteiger partial charge in [-0.05, 0) is 24.1 Å². The molecule has 3 N–H and O–H groups in total. The number of benzene rings is 1. The normalized spacial score (nSPS) is 12.9. The number of nitrogens with two attached hydrogens (primary N) is 1. The van der Waals surface area contributed by atoms with E-state index in [9.17, 15) is 0 Å². The van der Waals surface area contributed by atoms with Gasteiger partial charge in [0, 0.05) is 17.5 Å². The van der Waals surface area contributed by atoms with E-state index in [0.717, 1.165) is 11.1 Å². The Bertz CT molecular complexity index is 264. The average molecular weight is 200 g/mol. The van der Waals surface area contributed by atoms with Crippen molar-refractivity contribution in [3.05, 3.63) is 34.3 Å². The van der Waals surface area contributed by atoms with Gasteiger partial charge in [-0.2, -0.15) is 0 Å². The number of halogens is 1. The van der Waals surface area contributed by atoms with Gasteiger partial charge >= 0.3 is 0 Å². The minimum Gasteiger partial charge on any atom is -0.396 e. The molecule has 0 spiro atoms. The molecule has 0 saturated carbocycles. The van der Waals surface area contributed by atoms with E-state index in [-0.39, 0.29) is 12.5 Å². The molecular weight excluding hydrogens is 186 g/mol. The zero-order chi connectivity index (χ0) is 9.84. The summed E-state index contributed by atoms with van der Waals surface area (Å²) in [6.45, 7) is 2.43. The molecular formula is C10H14ClNO. The Morgan fingerprint density at radius 2 is 2.23 bits per heavy atom. The van der Waals surface area contributed by atoms with Crippen molar-refractivity contribution in [2.45, 2.75) is 12.8 Å². The first-order valence-corrected chi connectivity index (χ1v) is 4.64. The Kier molecular flexibility index (Phi) is 3.72. The first-order chi connectivity index (χ1) is 6.20. The molecule has 2 nitrogen and oxygen atoms in total. The second-order valence-corrected chi connectivity index (χ2v) is 3.49. The molecule has 13 heavy (non-hydrogen) atoms. The fourth-order valence-corrected chi connectivity index (χ4v) is 1.82. The molecule has 1 aromatic rings. The molecule has 1 rings (SSSR count). The van der Waals surface area contributed by atoms with Gasteiger partial charge in [0.05, 0.1) is 6.61 Å². The number of aryl methyl sites for hydroxylation is 1. The molecule has 0 saturated heterocycles. The van der Waals surface area contributed by atoms with Crippen molar-refractivity contribution in [3.63, 3.8) is 0 Å². The molecule has 0 amide bonds. The zero-order valence-electron chi connectivity index (χ0n) is 7.63. The number of aliphatic hydroxyl groups is 1. The molecule has 3 heteroatoms. The van der Waals surface area contributed by atoms with Gasteiger partial charge < -0.3 is 10.8 Å². The lowest BCUT2D eigenvalue weighted by Gasteiger charge is -2.16. The van der Waals surface area contributed by atoms with Gasteiger partial charge in [-0.1, -0.05) is 23.7 Å². The summed E-state index contributed by atoms with van der Waals surface area (Å²) < 4.78 is 0. The smallest absolute Gasteiger partial charge is 0.0512 e. The summed E-state index contributed by atoms with van der Waals surface area (Å²) in [5.41, 5.74) is 7.58. The summed E-state index contributed by atoms with van der Waals surface area (Å²) in [6, 6.07) is 5.69. The van der Waals surface area contributed by atoms with Crippen molar-refractivity contribution in [1.82, 2.24) is 0 Å². The standard InChI is InChI=1S/C10H14ClNO/c1-7-3-2-4-9(11)10(7)8(5-12)6-13/h2-4,8,13H,5-6,12H2,1H3. The van der Waals surface area contributed by atoms with Crippen LogP contribution in [0.1, 0.15) is 17.0 Å². The summed E-state index contributed by atoms with van der Waals surface area (Å²) in [5.74, 6) is -0.0475. The molecule has 0 aliphatic rings. The van der Waals surface area contributed by atoms with E-state index in [0.29, 0.717) is 11.6 Å². The highest BCUT2D eigenvalue weighted by molar-refractivity contribution is 6.31. The third kappa shape index (κ3) is 2.21. The third-order valence-electron chi connectivity index (χ3n) is 2.18. The zero-order valence-corrected chi connectivity index (χ0v) is 8.38. The van der Waals surface area contributed by atoms with E-state index in [1.54, 1.807) is 0 Å². The van der Waals surface area contributed by atoms with Crippen LogP contribution in [0.5, 0.6) is 0 Å². The predicted molar refractivity (Wildman–Crippen MR) is 55.1 cm³/mol. The largest absolute Gasteiger partial charge is 0.396 e. The van der Waals surface area contributed by atoms with Crippen LogP contribution in [0.15, 0.2) is 18.2 Å². The van der Waals surface area contributed by atoms with Crippen LogP contribution in [0.25, 0.3) is 0 Å². The molecule has 0 aliphatic heterocycles. The number of hydrogen-bond acceptors (Lipinski definition) is 2. The van der Waals surface area contributed by atoms with Gasteiger partial charge in [-0.25, -0.2) is 0 Å². The summed E-state index contributed by atoms with van der Waals surface area (Å²) in [7, 11) is 0. The molecule has 72 valence electrons. The highest BCUT2D eigenvalue weighted by Crippen LogP contribution is 2.26. The van der Waals surface area contributed by atoms with Crippen molar-refractivity contribution < 1.29 is 5.11 Å². The van der Waals surface area contributed by atoms with Crippen molar-refractivity contribution in [3.8, 4) is 0 Å². The van der Waals surface area contributed by atoms with Crippen LogP contribution in [0.4, 0.5) is 0 Å². The maximum absolute atomic E-state index is 9.09. The molecule has 0 heterocycles. The number of hydrogen-bond donors (Lipinski definition) is 2. The first-order valence-electron chi connectivity index (χ1n) is 4.26. The Morgan fingerprint density at radius 3 is 2.69 bits per heavy atom. The minimum atomic E-state index is -0.0475. The van der Waals surface area contributed by atoms with Gasteiger partial charge in [0.1, 0.15) is 0 Å². The lowest BCUT2D eigenvalue weighted by molar-refractivity contribution is 0.267. The molecule has 1 unspecified atom stereocenters. The SMILES string of the molecule is Cc1cccc(Cl)c1C(CN)CO. The van der Waals surface area contributed by atoms with E-state index < -0.39 is 0 Å². The van der Waals surface area contributed by atoms with Crippen LogP contribution in [0.3, 0.4) is 0 Å². The Hall–Kier alpha value is -0.570. The van der Waals surface area contributed by atoms with Gasteiger partial charge in [0.2, 0.25) is 0 Å². The molecule has 0 radical (unpaired) electrons. The second kappa shape index (κ2) is 4.61. The Balaban J connectivity index is 3.10. The van der Waals surface area contributed by atoms with Crippen LogP contribution in [-0.4, -0.2) is 18.3 Å². The lowest BCUT2D eigenvalue weighted by atomic mass is 9.95. The molecule has 1 aromatic carbocycles. The van der Waals surface area contributed by atoms with Crippen molar-refractivity contribution in [2.24, 2.45) is 5.73 Å². The summed E-state index contributed by atoms with van der Waals surface area (Å²) in [6.07, 6.45) is 0. The molecule has 1 atom stereocenters. The van der Waals surface area contributed by atoms with Gasteiger partial charge in [-0.15, -0.1) is 0 Å². The molecule has 0 aromatic heterocycles. The lowest BCUT2D eigenvalue weighted by Crippen LogP contribution is -2.17. The van der Waals surface area contributed by atoms with Crippen LogP contribution < -0.4 is 5.73 Å². The van der Waals surface area contributed by atoms with Gasteiger partial charge in [0.15, 0.2) is 0 Å². The fourth-order valence-electron chi connectivity index (χ4n) is 1.45. The first kappa shape index (κ1) is 10.5. The van der Waals surface area contributed by atoms with E-state index in [1.807, 2.05) is 25.1 Å². The molecule has 0 aliphatic carbocycles. The van der Waals surface area contributed by atoms with Gasteiger partial charge in [0.25, 0.3) is 0 Å². The summed E-state index contributed by atoms with van der Waals surface area (Å²) in [4.78, 5) is 0. The monoisotopic (exact) mass is 199 g/mol. The van der Waals surface area contributed by atoms with Crippen molar-refractivity contribution in [1.29, 1.82) is 0 Å². The summed E-state index contributed by atoms with van der Waals surface area (Å²) in [5, 5.41) is 9.77. The van der Waals surface area contributed by atoms with Crippen LogP contribution in [0, 0.1) is 6.92 Å². The maximum atomic E-state index is 9.09.